The number of aliphatic hydroxyl groups excluding tert-OH is 1. The van der Waals surface area contributed by atoms with Gasteiger partial charge in [0.1, 0.15) is 6.61 Å². The van der Waals surface area contributed by atoms with Crippen LogP contribution in [-0.4, -0.2) is 36.4 Å². The minimum Gasteiger partial charge on any atom is -0.462 e. The fraction of sp³-hybridized carbons (Fsp3) is 0.535. The van der Waals surface area contributed by atoms with Crippen LogP contribution in [-0.2, 0) is 19.1 Å². The molecule has 48 heavy (non-hydrogen) atoms. The summed E-state index contributed by atoms with van der Waals surface area (Å²) in [5, 5.41) is 9.53. The first-order valence-electron chi connectivity index (χ1n) is 18.4. The third kappa shape index (κ3) is 35.4. The van der Waals surface area contributed by atoms with Crippen LogP contribution in [0.4, 0.5) is 0 Å². The van der Waals surface area contributed by atoms with Crippen LogP contribution in [0.2, 0.25) is 0 Å². The van der Waals surface area contributed by atoms with Gasteiger partial charge in [0, 0.05) is 12.8 Å². The number of hydrogen-bond acceptors (Lipinski definition) is 5. The van der Waals surface area contributed by atoms with E-state index < -0.39 is 12.1 Å². The average molecular weight is 663 g/mol. The molecule has 0 aromatic heterocycles. The van der Waals surface area contributed by atoms with Crippen molar-refractivity contribution in [2.24, 2.45) is 0 Å². The summed E-state index contributed by atoms with van der Waals surface area (Å²) in [4.78, 5) is 24.2. The highest BCUT2D eigenvalue weighted by molar-refractivity contribution is 5.70. The summed E-state index contributed by atoms with van der Waals surface area (Å²) in [5.41, 5.74) is 0. The van der Waals surface area contributed by atoms with Crippen molar-refractivity contribution < 1.29 is 24.2 Å². The Morgan fingerprint density at radius 1 is 0.479 bits per heavy atom. The van der Waals surface area contributed by atoms with E-state index in [0.717, 1.165) is 96.3 Å². The first-order valence-corrected chi connectivity index (χ1v) is 18.4. The number of allylic oxidation sites excluding steroid dienone is 18. The van der Waals surface area contributed by atoms with E-state index in [-0.39, 0.29) is 25.6 Å². The van der Waals surface area contributed by atoms with Gasteiger partial charge in [-0.3, -0.25) is 9.59 Å². The van der Waals surface area contributed by atoms with Crippen molar-refractivity contribution in [2.45, 2.75) is 136 Å². The van der Waals surface area contributed by atoms with Gasteiger partial charge in [-0.15, -0.1) is 0 Å². The zero-order valence-corrected chi connectivity index (χ0v) is 30.2. The standard InChI is InChI=1S/C43H66O5/c1-3-5-7-9-11-13-15-17-19-20-21-22-24-26-28-30-32-34-36-38-43(46)48-41(39-44)40-47-42(45)37-35-33-31-29-27-25-23-18-16-14-12-10-8-6-4-2/h5-8,11-14,17-19,21-23,26,28,32,34,41,44H,3-4,9-10,15-16,20,24-25,27,29-31,33,35-40H2,1-2H3/b7-5+,8-6+,13-11+,14-12+,19-17+,22-21+,23-18+,28-26+,34-32+/t41-/m0/s1. The van der Waals surface area contributed by atoms with Crippen LogP contribution in [0, 0.1) is 0 Å². The van der Waals surface area contributed by atoms with Crippen molar-refractivity contribution in [3.63, 3.8) is 0 Å². The van der Waals surface area contributed by atoms with Gasteiger partial charge in [-0.25, -0.2) is 0 Å². The summed E-state index contributed by atoms with van der Waals surface area (Å²) in [7, 11) is 0. The van der Waals surface area contributed by atoms with Crippen molar-refractivity contribution in [2.75, 3.05) is 13.2 Å². The van der Waals surface area contributed by atoms with Crippen molar-refractivity contribution in [1.82, 2.24) is 0 Å². The summed E-state index contributed by atoms with van der Waals surface area (Å²) < 4.78 is 10.5. The number of carbonyl (C=O) groups excluding carboxylic acids is 2. The van der Waals surface area contributed by atoms with Crippen LogP contribution in [0.1, 0.15) is 129 Å². The molecule has 0 fully saturated rings. The molecule has 1 N–H and O–H groups in total. The number of ether oxygens (including phenoxy) is 2. The maximum absolute atomic E-state index is 12.1. The molecule has 0 bridgehead atoms. The van der Waals surface area contributed by atoms with E-state index in [2.05, 4.69) is 111 Å². The molecular formula is C43H66O5. The van der Waals surface area contributed by atoms with Gasteiger partial charge in [0.2, 0.25) is 0 Å². The van der Waals surface area contributed by atoms with Crippen LogP contribution < -0.4 is 0 Å². The molecule has 0 saturated heterocycles. The molecule has 0 aliphatic heterocycles. The zero-order chi connectivity index (χ0) is 35.0. The van der Waals surface area contributed by atoms with E-state index >= 15 is 0 Å². The predicted molar refractivity (Wildman–Crippen MR) is 205 cm³/mol. The van der Waals surface area contributed by atoms with Gasteiger partial charge in [-0.1, -0.05) is 142 Å². The van der Waals surface area contributed by atoms with Crippen LogP contribution in [0.5, 0.6) is 0 Å². The fourth-order valence-electron chi connectivity index (χ4n) is 4.36. The quantitative estimate of drug-likeness (QED) is 0.0454. The topological polar surface area (TPSA) is 72.8 Å². The molecule has 0 aliphatic carbocycles. The third-order valence-electron chi connectivity index (χ3n) is 7.08. The lowest BCUT2D eigenvalue weighted by Gasteiger charge is -2.15. The lowest BCUT2D eigenvalue weighted by molar-refractivity contribution is -0.161. The number of aliphatic hydroxyl groups is 1. The molecule has 0 spiro atoms. The SMILES string of the molecule is CC/C=C/C/C=C/C/C=C/C/C=C/C/C=C/C/C=C/CCC(=O)O[C@@H](CO)COC(=O)CCCCCCC/C=C/C/C=C/C/C=C/CC. The van der Waals surface area contributed by atoms with E-state index in [1.165, 1.54) is 0 Å². The molecule has 0 radical (unpaired) electrons. The maximum Gasteiger partial charge on any atom is 0.306 e. The lowest BCUT2D eigenvalue weighted by Crippen LogP contribution is -2.28. The Kier molecular flexibility index (Phi) is 35.3. The zero-order valence-electron chi connectivity index (χ0n) is 30.2. The van der Waals surface area contributed by atoms with Crippen LogP contribution >= 0.6 is 0 Å². The Bertz CT molecular complexity index is 1020. The Balaban J connectivity index is 3.78. The molecule has 5 heteroatoms. The van der Waals surface area contributed by atoms with Gasteiger partial charge in [-0.05, 0) is 83.5 Å². The second-order valence-electron chi connectivity index (χ2n) is 11.5. The number of rotatable bonds is 31. The van der Waals surface area contributed by atoms with Crippen molar-refractivity contribution >= 4 is 11.9 Å². The van der Waals surface area contributed by atoms with Gasteiger partial charge in [0.05, 0.1) is 6.61 Å². The van der Waals surface area contributed by atoms with E-state index in [1.807, 2.05) is 12.2 Å². The summed E-state index contributed by atoms with van der Waals surface area (Å²) >= 11 is 0. The summed E-state index contributed by atoms with van der Waals surface area (Å²) in [5.74, 6) is -0.723. The average Bonchev–Trinajstić information content (AvgIpc) is 3.09. The van der Waals surface area contributed by atoms with Crippen molar-refractivity contribution in [3.05, 3.63) is 109 Å². The van der Waals surface area contributed by atoms with E-state index in [9.17, 15) is 14.7 Å². The minimum absolute atomic E-state index is 0.113. The predicted octanol–water partition coefficient (Wildman–Crippen LogP) is 11.5. The molecule has 0 saturated carbocycles. The Labute approximate surface area is 293 Å². The molecule has 0 heterocycles. The molecule has 0 aromatic rings. The number of unbranched alkanes of at least 4 members (excludes halogenated alkanes) is 5. The molecule has 0 amide bonds. The van der Waals surface area contributed by atoms with Gasteiger partial charge >= 0.3 is 11.9 Å². The van der Waals surface area contributed by atoms with Crippen LogP contribution in [0.25, 0.3) is 0 Å². The van der Waals surface area contributed by atoms with Gasteiger partial charge in [-0.2, -0.15) is 0 Å². The molecular weight excluding hydrogens is 596 g/mol. The molecule has 0 aliphatic rings. The fourth-order valence-corrected chi connectivity index (χ4v) is 4.36. The summed E-state index contributed by atoms with van der Waals surface area (Å²) in [6, 6.07) is 0. The number of carbonyl (C=O) groups is 2. The van der Waals surface area contributed by atoms with E-state index in [1.54, 1.807) is 0 Å². The van der Waals surface area contributed by atoms with Gasteiger partial charge in [0.25, 0.3) is 0 Å². The molecule has 268 valence electrons. The Hall–Kier alpha value is -3.44. The van der Waals surface area contributed by atoms with E-state index in [0.29, 0.717) is 12.8 Å². The molecule has 0 aromatic carbocycles. The number of esters is 2. The molecule has 5 nitrogen and oxygen atoms in total. The number of hydrogen-bond donors (Lipinski definition) is 1. The van der Waals surface area contributed by atoms with Crippen LogP contribution in [0.15, 0.2) is 109 Å². The lowest BCUT2D eigenvalue weighted by atomic mass is 10.1. The highest BCUT2D eigenvalue weighted by Gasteiger charge is 2.15. The molecule has 0 unspecified atom stereocenters. The normalized spacial score (nSPS) is 13.5. The first-order chi connectivity index (χ1) is 23.6. The first kappa shape index (κ1) is 44.6. The van der Waals surface area contributed by atoms with Crippen LogP contribution in [0.3, 0.4) is 0 Å². The summed E-state index contributed by atoms with van der Waals surface area (Å²) in [6.07, 6.45) is 54.4. The van der Waals surface area contributed by atoms with Gasteiger partial charge < -0.3 is 14.6 Å². The smallest absolute Gasteiger partial charge is 0.306 e. The highest BCUT2D eigenvalue weighted by atomic mass is 16.6. The summed E-state index contributed by atoms with van der Waals surface area (Å²) in [6.45, 7) is 3.80. The monoisotopic (exact) mass is 662 g/mol. The second-order valence-corrected chi connectivity index (χ2v) is 11.5. The van der Waals surface area contributed by atoms with Crippen molar-refractivity contribution in [1.29, 1.82) is 0 Å². The molecule has 1 atom stereocenters. The molecule has 0 rings (SSSR count). The van der Waals surface area contributed by atoms with E-state index in [4.69, 9.17) is 9.47 Å². The minimum atomic E-state index is -0.826. The maximum atomic E-state index is 12.1. The van der Waals surface area contributed by atoms with Gasteiger partial charge in [0.15, 0.2) is 6.10 Å². The van der Waals surface area contributed by atoms with Crippen molar-refractivity contribution in [3.8, 4) is 0 Å². The largest absolute Gasteiger partial charge is 0.462 e. The Morgan fingerprint density at radius 2 is 0.875 bits per heavy atom. The highest BCUT2D eigenvalue weighted by Crippen LogP contribution is 2.09. The Morgan fingerprint density at radius 3 is 1.33 bits per heavy atom. The third-order valence-corrected chi connectivity index (χ3v) is 7.08. The second kappa shape index (κ2) is 38.0.